The molecule has 1 aromatic heterocycles. The van der Waals surface area contributed by atoms with Gasteiger partial charge in [-0.2, -0.15) is 0 Å². The molecular formula is C51H32N2O. The van der Waals surface area contributed by atoms with Crippen LogP contribution in [0.3, 0.4) is 0 Å². The monoisotopic (exact) mass is 688 g/mol. The molecule has 54 heavy (non-hydrogen) atoms. The Kier molecular flexibility index (Phi) is 6.77. The Labute approximate surface area is 313 Å². The van der Waals surface area contributed by atoms with Crippen LogP contribution in [0.2, 0.25) is 0 Å². The van der Waals surface area contributed by atoms with E-state index >= 15 is 0 Å². The van der Waals surface area contributed by atoms with Crippen molar-refractivity contribution in [2.24, 2.45) is 0 Å². The van der Waals surface area contributed by atoms with Gasteiger partial charge in [0.15, 0.2) is 5.82 Å². The molecule has 1 aliphatic carbocycles. The Hall–Kier alpha value is -7.10. The fourth-order valence-electron chi connectivity index (χ4n) is 8.80. The third-order valence-corrected chi connectivity index (χ3v) is 11.2. The van der Waals surface area contributed by atoms with Gasteiger partial charge < -0.3 is 4.74 Å². The summed E-state index contributed by atoms with van der Waals surface area (Å²) in [6.45, 7) is 0. The largest absolute Gasteiger partial charge is 0.457 e. The van der Waals surface area contributed by atoms with Crippen LogP contribution in [0.5, 0.6) is 11.5 Å². The first kappa shape index (κ1) is 30.5. The molecule has 1 aliphatic heterocycles. The predicted molar refractivity (Wildman–Crippen MR) is 219 cm³/mol. The van der Waals surface area contributed by atoms with E-state index < -0.39 is 5.41 Å². The standard InChI is InChI=1S/C51H32N2O/c1-2-15-34(16-3-1)46-32-47(41-23-13-17-33-14-4-5-20-38(33)41)53-50(52-46)37-19-12-18-35(30-37)36-28-29-45-49(31-36)54-48-27-11-10-26-44(48)51(45)42-24-8-6-21-39(42)40-22-7-9-25-43(40)51/h1-32H. The van der Waals surface area contributed by atoms with Crippen LogP contribution in [0.1, 0.15) is 22.3 Å². The molecule has 0 unspecified atom stereocenters. The molecule has 3 nitrogen and oxygen atoms in total. The van der Waals surface area contributed by atoms with Gasteiger partial charge >= 0.3 is 0 Å². The lowest BCUT2D eigenvalue weighted by Gasteiger charge is -2.39. The summed E-state index contributed by atoms with van der Waals surface area (Å²) in [6.07, 6.45) is 0. The van der Waals surface area contributed by atoms with E-state index in [-0.39, 0.29) is 0 Å². The highest BCUT2D eigenvalue weighted by Gasteiger charge is 2.50. The summed E-state index contributed by atoms with van der Waals surface area (Å²) >= 11 is 0. The van der Waals surface area contributed by atoms with E-state index in [0.29, 0.717) is 5.82 Å². The summed E-state index contributed by atoms with van der Waals surface area (Å²) in [6, 6.07) is 68.8. The third kappa shape index (κ3) is 4.55. The van der Waals surface area contributed by atoms with E-state index in [9.17, 15) is 0 Å². The normalized spacial score (nSPS) is 13.1. The Morgan fingerprint density at radius 2 is 0.926 bits per heavy atom. The fraction of sp³-hybridized carbons (Fsp3) is 0.0196. The topological polar surface area (TPSA) is 35.0 Å². The van der Waals surface area contributed by atoms with Gasteiger partial charge in [0.2, 0.25) is 0 Å². The first-order chi connectivity index (χ1) is 26.8. The zero-order valence-electron chi connectivity index (χ0n) is 29.3. The van der Waals surface area contributed by atoms with Gasteiger partial charge in [0.05, 0.1) is 16.8 Å². The predicted octanol–water partition coefficient (Wildman–Crippen LogP) is 12.8. The fourth-order valence-corrected chi connectivity index (χ4v) is 8.80. The average molecular weight is 689 g/mol. The summed E-state index contributed by atoms with van der Waals surface area (Å²) in [7, 11) is 0. The minimum Gasteiger partial charge on any atom is -0.457 e. The second-order valence-corrected chi connectivity index (χ2v) is 14.1. The van der Waals surface area contributed by atoms with Crippen molar-refractivity contribution in [2.75, 3.05) is 0 Å². The number of hydrogen-bond donors (Lipinski definition) is 0. The van der Waals surface area contributed by atoms with Gasteiger partial charge in [-0.05, 0) is 68.4 Å². The van der Waals surface area contributed by atoms with E-state index in [1.54, 1.807) is 0 Å². The number of rotatable bonds is 4. The van der Waals surface area contributed by atoms with Crippen molar-refractivity contribution in [3.8, 4) is 67.7 Å². The molecule has 1 spiro atoms. The molecule has 0 saturated carbocycles. The highest BCUT2D eigenvalue weighted by atomic mass is 16.5. The number of benzene rings is 8. The van der Waals surface area contributed by atoms with Crippen molar-refractivity contribution >= 4 is 10.8 Å². The van der Waals surface area contributed by atoms with Gasteiger partial charge in [0.25, 0.3) is 0 Å². The maximum absolute atomic E-state index is 6.81. The minimum absolute atomic E-state index is 0.485. The second-order valence-electron chi connectivity index (χ2n) is 14.1. The van der Waals surface area contributed by atoms with E-state index in [4.69, 9.17) is 14.7 Å². The summed E-state index contributed by atoms with van der Waals surface area (Å²) in [4.78, 5) is 10.4. The quantitative estimate of drug-likeness (QED) is 0.185. The molecule has 11 rings (SSSR count). The molecule has 0 amide bonds. The minimum atomic E-state index is -0.485. The van der Waals surface area contributed by atoms with Crippen LogP contribution in [0, 0.1) is 0 Å². The van der Waals surface area contributed by atoms with Gasteiger partial charge in [0, 0.05) is 27.8 Å². The highest BCUT2D eigenvalue weighted by Crippen LogP contribution is 2.62. The Bertz CT molecular complexity index is 2880. The van der Waals surface area contributed by atoms with Crippen LogP contribution in [0.15, 0.2) is 194 Å². The molecule has 9 aromatic rings. The summed E-state index contributed by atoms with van der Waals surface area (Å²) in [5, 5.41) is 2.35. The number of aromatic nitrogens is 2. The van der Waals surface area contributed by atoms with Crippen molar-refractivity contribution < 1.29 is 4.74 Å². The molecule has 0 N–H and O–H groups in total. The third-order valence-electron chi connectivity index (χ3n) is 11.2. The highest BCUT2D eigenvalue weighted by molar-refractivity contribution is 5.96. The lowest BCUT2D eigenvalue weighted by Crippen LogP contribution is -2.32. The Balaban J connectivity index is 1.07. The molecule has 0 fully saturated rings. The molecule has 0 radical (unpaired) electrons. The SMILES string of the molecule is c1ccc(-c2cc(-c3cccc4ccccc34)nc(-c3cccc(-c4ccc5c(c4)Oc4ccccc4C54c5ccccc5-c5ccccc54)c3)n2)cc1. The molecule has 2 aliphatic rings. The van der Waals surface area contributed by atoms with Gasteiger partial charge in [0.1, 0.15) is 11.5 Å². The molecule has 3 heteroatoms. The molecular weight excluding hydrogens is 657 g/mol. The number of para-hydroxylation sites is 1. The smallest absolute Gasteiger partial charge is 0.160 e. The van der Waals surface area contributed by atoms with Crippen molar-refractivity contribution in [3.63, 3.8) is 0 Å². The van der Waals surface area contributed by atoms with E-state index in [1.807, 2.05) is 6.07 Å². The lowest BCUT2D eigenvalue weighted by atomic mass is 9.66. The van der Waals surface area contributed by atoms with Crippen LogP contribution in [0.25, 0.3) is 66.9 Å². The molecule has 8 aromatic carbocycles. The zero-order valence-corrected chi connectivity index (χ0v) is 29.3. The molecule has 252 valence electrons. The van der Waals surface area contributed by atoms with E-state index in [1.165, 1.54) is 38.6 Å². The van der Waals surface area contributed by atoms with Crippen molar-refractivity contribution in [2.45, 2.75) is 5.41 Å². The molecule has 0 saturated heterocycles. The first-order valence-corrected chi connectivity index (χ1v) is 18.4. The van der Waals surface area contributed by atoms with Crippen molar-refractivity contribution in [3.05, 3.63) is 216 Å². The maximum atomic E-state index is 6.81. The van der Waals surface area contributed by atoms with Crippen LogP contribution in [-0.4, -0.2) is 9.97 Å². The number of fused-ring (bicyclic) bond motifs is 10. The lowest BCUT2D eigenvalue weighted by molar-refractivity contribution is 0.436. The van der Waals surface area contributed by atoms with Crippen LogP contribution in [0.4, 0.5) is 0 Å². The Morgan fingerprint density at radius 1 is 0.352 bits per heavy atom. The number of nitrogens with zero attached hydrogens (tertiary/aromatic N) is 2. The zero-order chi connectivity index (χ0) is 35.6. The summed E-state index contributed by atoms with van der Waals surface area (Å²) in [5.74, 6) is 2.43. The molecule has 0 bridgehead atoms. The van der Waals surface area contributed by atoms with Crippen LogP contribution >= 0.6 is 0 Å². The van der Waals surface area contributed by atoms with Crippen LogP contribution < -0.4 is 4.74 Å². The van der Waals surface area contributed by atoms with Gasteiger partial charge in [-0.15, -0.1) is 0 Å². The van der Waals surface area contributed by atoms with E-state index in [0.717, 1.165) is 56.3 Å². The number of ether oxygens (including phenoxy) is 1. The molecule has 2 heterocycles. The average Bonchev–Trinajstić information content (AvgIpc) is 3.54. The second kappa shape index (κ2) is 12.0. The van der Waals surface area contributed by atoms with Crippen molar-refractivity contribution in [1.29, 1.82) is 0 Å². The van der Waals surface area contributed by atoms with Gasteiger partial charge in [-0.25, -0.2) is 9.97 Å². The maximum Gasteiger partial charge on any atom is 0.160 e. The Morgan fingerprint density at radius 3 is 1.76 bits per heavy atom. The van der Waals surface area contributed by atoms with Gasteiger partial charge in [-0.3, -0.25) is 0 Å². The van der Waals surface area contributed by atoms with Crippen LogP contribution in [-0.2, 0) is 5.41 Å². The number of hydrogen-bond acceptors (Lipinski definition) is 3. The summed E-state index contributed by atoms with van der Waals surface area (Å²) < 4.78 is 6.81. The summed E-state index contributed by atoms with van der Waals surface area (Å²) in [5.41, 5.74) is 14.0. The molecule has 0 atom stereocenters. The first-order valence-electron chi connectivity index (χ1n) is 18.4. The van der Waals surface area contributed by atoms with E-state index in [2.05, 4.69) is 188 Å². The van der Waals surface area contributed by atoms with Gasteiger partial charge in [-0.1, -0.05) is 170 Å². The van der Waals surface area contributed by atoms with Crippen molar-refractivity contribution in [1.82, 2.24) is 9.97 Å².